The number of halogens is 1. The van der Waals surface area contributed by atoms with Crippen LogP contribution in [0, 0.1) is 6.92 Å². The van der Waals surface area contributed by atoms with Crippen LogP contribution in [0.4, 0.5) is 5.95 Å². The lowest BCUT2D eigenvalue weighted by atomic mass is 9.92. The number of fused-ring (bicyclic) bond motifs is 1. The van der Waals surface area contributed by atoms with Crippen LogP contribution < -0.4 is 11.1 Å². The molecule has 0 amide bonds. The van der Waals surface area contributed by atoms with Crippen molar-refractivity contribution in [1.29, 1.82) is 0 Å². The van der Waals surface area contributed by atoms with Crippen LogP contribution in [-0.2, 0) is 0 Å². The quantitative estimate of drug-likeness (QED) is 0.433. The highest BCUT2D eigenvalue weighted by atomic mass is 35.5. The summed E-state index contributed by atoms with van der Waals surface area (Å²) >= 11 is 6.64. The fraction of sp³-hybridized carbons (Fsp3) is 0.280. The van der Waals surface area contributed by atoms with Gasteiger partial charge in [0.1, 0.15) is 0 Å². The van der Waals surface area contributed by atoms with Crippen LogP contribution in [0.2, 0.25) is 5.02 Å². The van der Waals surface area contributed by atoms with Gasteiger partial charge in [0.25, 0.3) is 0 Å². The minimum Gasteiger partial charge on any atom is -0.351 e. The van der Waals surface area contributed by atoms with Crippen molar-refractivity contribution in [3.63, 3.8) is 0 Å². The molecule has 2 aromatic heterocycles. The van der Waals surface area contributed by atoms with Crippen LogP contribution in [0.1, 0.15) is 31.4 Å². The predicted molar refractivity (Wildman–Crippen MR) is 128 cm³/mol. The largest absolute Gasteiger partial charge is 0.351 e. The molecule has 3 N–H and O–H groups in total. The van der Waals surface area contributed by atoms with E-state index < -0.39 is 0 Å². The number of hydrogen-bond donors (Lipinski definition) is 2. The Kier molecular flexibility index (Phi) is 5.38. The van der Waals surface area contributed by atoms with Gasteiger partial charge >= 0.3 is 0 Å². The molecule has 6 heteroatoms. The van der Waals surface area contributed by atoms with Crippen LogP contribution in [0.25, 0.3) is 27.8 Å². The van der Waals surface area contributed by atoms with Crippen molar-refractivity contribution >= 4 is 28.5 Å². The van der Waals surface area contributed by atoms with Crippen LogP contribution in [-0.4, -0.2) is 26.6 Å². The summed E-state index contributed by atoms with van der Waals surface area (Å²) in [4.78, 5) is 9.33. The first kappa shape index (κ1) is 20.0. The molecule has 0 aliphatic heterocycles. The molecule has 5 rings (SSSR count). The van der Waals surface area contributed by atoms with Gasteiger partial charge < -0.3 is 15.6 Å². The average molecular weight is 432 g/mol. The van der Waals surface area contributed by atoms with Crippen molar-refractivity contribution in [3.05, 3.63) is 71.5 Å². The molecule has 1 aliphatic rings. The van der Waals surface area contributed by atoms with E-state index in [9.17, 15) is 0 Å². The van der Waals surface area contributed by atoms with E-state index in [1.54, 1.807) is 6.20 Å². The molecular weight excluding hydrogens is 406 g/mol. The van der Waals surface area contributed by atoms with E-state index in [1.807, 2.05) is 6.07 Å². The van der Waals surface area contributed by atoms with Gasteiger partial charge in [-0.15, -0.1) is 0 Å². The number of anilines is 1. The zero-order valence-electron chi connectivity index (χ0n) is 17.6. The van der Waals surface area contributed by atoms with E-state index in [1.165, 1.54) is 0 Å². The number of benzene rings is 2. The number of hydrogen-bond acceptors (Lipinski definition) is 4. The molecule has 0 radical (unpaired) electrons. The Morgan fingerprint density at radius 2 is 1.84 bits per heavy atom. The van der Waals surface area contributed by atoms with Gasteiger partial charge in [-0.3, -0.25) is 0 Å². The van der Waals surface area contributed by atoms with E-state index in [-0.39, 0.29) is 6.04 Å². The number of rotatable bonds is 4. The summed E-state index contributed by atoms with van der Waals surface area (Å²) in [5.74, 6) is 0.606. The summed E-state index contributed by atoms with van der Waals surface area (Å²) in [6.07, 6.45) is 5.93. The molecule has 4 aromatic rings. The van der Waals surface area contributed by atoms with Crippen molar-refractivity contribution in [2.75, 3.05) is 5.32 Å². The summed E-state index contributed by atoms with van der Waals surface area (Å²) in [5, 5.41) is 5.15. The van der Waals surface area contributed by atoms with E-state index in [0.29, 0.717) is 17.0 Å². The Balaban J connectivity index is 1.62. The van der Waals surface area contributed by atoms with Crippen LogP contribution in [0.5, 0.6) is 0 Å². The summed E-state index contributed by atoms with van der Waals surface area (Å²) in [6, 6.07) is 19.3. The second-order valence-corrected chi connectivity index (χ2v) is 8.71. The Hall–Kier alpha value is -2.89. The molecule has 1 fully saturated rings. The maximum Gasteiger partial charge on any atom is 0.223 e. The third-order valence-electron chi connectivity index (χ3n) is 6.15. The molecule has 5 nitrogen and oxygen atoms in total. The Labute approximate surface area is 187 Å². The van der Waals surface area contributed by atoms with Gasteiger partial charge in [-0.1, -0.05) is 48.0 Å². The number of nitrogens with zero attached hydrogens (tertiary/aromatic N) is 3. The predicted octanol–water partition coefficient (Wildman–Crippen LogP) is 5.73. The first-order valence-corrected chi connectivity index (χ1v) is 11.2. The molecule has 0 bridgehead atoms. The number of nitrogens with two attached hydrogens (primary N) is 1. The van der Waals surface area contributed by atoms with Crippen LogP contribution in [0.15, 0.2) is 60.8 Å². The molecular formula is C25H26ClN5. The second kappa shape index (κ2) is 8.33. The maximum atomic E-state index is 6.64. The summed E-state index contributed by atoms with van der Waals surface area (Å²) in [6.45, 7) is 2.12. The summed E-state index contributed by atoms with van der Waals surface area (Å²) in [7, 11) is 0. The van der Waals surface area contributed by atoms with E-state index in [0.717, 1.165) is 59.2 Å². The van der Waals surface area contributed by atoms with Gasteiger partial charge in [-0.05, 0) is 50.8 Å². The second-order valence-electron chi connectivity index (χ2n) is 8.31. The number of nitrogens with one attached hydrogen (secondary N) is 1. The fourth-order valence-corrected chi connectivity index (χ4v) is 4.91. The molecule has 0 saturated heterocycles. The van der Waals surface area contributed by atoms with Gasteiger partial charge in [-0.25, -0.2) is 9.97 Å². The average Bonchev–Trinajstić information content (AvgIpc) is 3.07. The summed E-state index contributed by atoms with van der Waals surface area (Å²) in [5.41, 5.74) is 11.3. The highest BCUT2D eigenvalue weighted by Gasteiger charge is 2.23. The molecule has 1 aliphatic carbocycles. The van der Waals surface area contributed by atoms with Gasteiger partial charge in [0, 0.05) is 34.4 Å². The van der Waals surface area contributed by atoms with Crippen LogP contribution >= 0.6 is 11.6 Å². The molecule has 2 aromatic carbocycles. The third-order valence-corrected chi connectivity index (χ3v) is 6.43. The smallest absolute Gasteiger partial charge is 0.223 e. The molecule has 31 heavy (non-hydrogen) atoms. The minimum absolute atomic E-state index is 0.240. The lowest BCUT2D eigenvalue weighted by molar-refractivity contribution is 0.408. The van der Waals surface area contributed by atoms with Crippen molar-refractivity contribution in [2.24, 2.45) is 5.73 Å². The Morgan fingerprint density at radius 3 is 2.65 bits per heavy atom. The van der Waals surface area contributed by atoms with E-state index in [4.69, 9.17) is 22.3 Å². The standard InChI is InChI=1S/C25H26ClN5/c1-16-23(20-12-5-6-13-22(20)31(16)19-10-3-2-4-11-19)24-21(26)15-28-25(30-24)29-18-9-7-8-17(27)14-18/h2-6,10-13,15,17-18H,7-9,14,27H2,1H3,(H,28,29,30)/t17-,18+/m0/s1. The Morgan fingerprint density at radius 1 is 1.06 bits per heavy atom. The number of aromatic nitrogens is 3. The van der Waals surface area contributed by atoms with Gasteiger partial charge in [0.15, 0.2) is 0 Å². The topological polar surface area (TPSA) is 68.8 Å². The number of para-hydroxylation sites is 2. The van der Waals surface area contributed by atoms with E-state index in [2.05, 4.69) is 70.3 Å². The van der Waals surface area contributed by atoms with Crippen molar-refractivity contribution in [1.82, 2.24) is 14.5 Å². The lowest BCUT2D eigenvalue weighted by Crippen LogP contribution is -2.35. The van der Waals surface area contributed by atoms with Gasteiger partial charge in [0.2, 0.25) is 5.95 Å². The lowest BCUT2D eigenvalue weighted by Gasteiger charge is -2.27. The highest BCUT2D eigenvalue weighted by molar-refractivity contribution is 6.33. The Bertz CT molecular complexity index is 1220. The molecule has 0 unspecified atom stereocenters. The van der Waals surface area contributed by atoms with Crippen molar-refractivity contribution in [2.45, 2.75) is 44.7 Å². The van der Waals surface area contributed by atoms with E-state index >= 15 is 0 Å². The molecule has 0 spiro atoms. The molecule has 2 atom stereocenters. The summed E-state index contributed by atoms with van der Waals surface area (Å²) < 4.78 is 2.26. The van der Waals surface area contributed by atoms with Gasteiger partial charge in [-0.2, -0.15) is 0 Å². The molecule has 158 valence electrons. The third kappa shape index (κ3) is 3.80. The zero-order valence-corrected chi connectivity index (χ0v) is 18.3. The SMILES string of the molecule is Cc1c(-c2nc(N[C@@H]3CCC[C@H](N)C3)ncc2Cl)c2ccccc2n1-c1ccccc1. The minimum atomic E-state index is 0.240. The molecule has 2 heterocycles. The zero-order chi connectivity index (χ0) is 21.4. The van der Waals surface area contributed by atoms with Crippen LogP contribution in [0.3, 0.4) is 0 Å². The first-order chi connectivity index (χ1) is 15.1. The highest BCUT2D eigenvalue weighted by Crippen LogP contribution is 2.38. The first-order valence-electron chi connectivity index (χ1n) is 10.8. The molecule has 1 saturated carbocycles. The van der Waals surface area contributed by atoms with Gasteiger partial charge in [0.05, 0.1) is 22.4 Å². The van der Waals surface area contributed by atoms with Crippen molar-refractivity contribution < 1.29 is 0 Å². The maximum absolute atomic E-state index is 6.64. The van der Waals surface area contributed by atoms with Crippen molar-refractivity contribution in [3.8, 4) is 16.9 Å². The fourth-order valence-electron chi connectivity index (χ4n) is 4.73. The normalized spacial score (nSPS) is 18.9. The monoisotopic (exact) mass is 431 g/mol.